The van der Waals surface area contributed by atoms with Crippen LogP contribution in [0.2, 0.25) is 0 Å². The molecule has 0 saturated carbocycles. The number of aromatic nitrogens is 2. The summed E-state index contributed by atoms with van der Waals surface area (Å²) in [5, 5.41) is 2.91. The van der Waals surface area contributed by atoms with E-state index in [2.05, 4.69) is 39.1 Å². The first-order chi connectivity index (χ1) is 10.2. The summed E-state index contributed by atoms with van der Waals surface area (Å²) in [5.74, 6) is 0.549. The highest BCUT2D eigenvalue weighted by Crippen LogP contribution is 2.10. The fourth-order valence-corrected chi connectivity index (χ4v) is 2.30. The van der Waals surface area contributed by atoms with Gasteiger partial charge in [0.05, 0.1) is 0 Å². The number of anilines is 1. The van der Waals surface area contributed by atoms with E-state index in [1.807, 2.05) is 0 Å². The molecule has 0 aliphatic carbocycles. The zero-order chi connectivity index (χ0) is 15.1. The van der Waals surface area contributed by atoms with Crippen LogP contribution in [0.5, 0.6) is 0 Å². The van der Waals surface area contributed by atoms with Crippen molar-refractivity contribution in [2.45, 2.75) is 26.2 Å². The summed E-state index contributed by atoms with van der Waals surface area (Å²) in [7, 11) is 2.11. The predicted molar refractivity (Wildman–Crippen MR) is 83.6 cm³/mol. The smallest absolute Gasteiger partial charge is 0.270 e. The Morgan fingerprint density at radius 1 is 1.29 bits per heavy atom. The van der Waals surface area contributed by atoms with E-state index < -0.39 is 0 Å². The quantitative estimate of drug-likeness (QED) is 0.797. The fraction of sp³-hybridized carbons (Fsp3) is 0.667. The third-order valence-corrected chi connectivity index (χ3v) is 3.73. The van der Waals surface area contributed by atoms with E-state index in [-0.39, 0.29) is 5.91 Å². The van der Waals surface area contributed by atoms with E-state index in [4.69, 9.17) is 0 Å². The second-order valence-corrected chi connectivity index (χ2v) is 5.50. The van der Waals surface area contributed by atoms with E-state index >= 15 is 0 Å². The molecule has 0 radical (unpaired) electrons. The molecule has 0 spiro atoms. The van der Waals surface area contributed by atoms with Gasteiger partial charge in [-0.2, -0.15) is 0 Å². The Hall–Kier alpha value is -1.69. The van der Waals surface area contributed by atoms with Crippen LogP contribution < -0.4 is 10.2 Å². The van der Waals surface area contributed by atoms with Gasteiger partial charge in [0.2, 0.25) is 5.95 Å². The molecule has 1 amide bonds. The summed E-state index contributed by atoms with van der Waals surface area (Å²) in [6, 6.07) is 1.68. The number of piperazine rings is 1. The number of carbonyl (C=O) groups excluding carboxylic acids is 1. The molecule has 116 valence electrons. The molecule has 0 aromatic carbocycles. The van der Waals surface area contributed by atoms with Gasteiger partial charge in [-0.05, 0) is 19.5 Å². The van der Waals surface area contributed by atoms with E-state index in [9.17, 15) is 4.79 Å². The van der Waals surface area contributed by atoms with Crippen molar-refractivity contribution in [1.29, 1.82) is 0 Å². The molecule has 0 unspecified atom stereocenters. The average Bonchev–Trinajstić information content (AvgIpc) is 2.52. The second kappa shape index (κ2) is 7.93. The van der Waals surface area contributed by atoms with E-state index in [0.717, 1.165) is 45.4 Å². The van der Waals surface area contributed by atoms with Gasteiger partial charge in [0.1, 0.15) is 5.69 Å². The number of amides is 1. The average molecular weight is 291 g/mol. The van der Waals surface area contributed by atoms with Crippen LogP contribution in [-0.2, 0) is 0 Å². The summed E-state index contributed by atoms with van der Waals surface area (Å²) < 4.78 is 0. The van der Waals surface area contributed by atoms with Crippen molar-refractivity contribution in [1.82, 2.24) is 20.2 Å². The Morgan fingerprint density at radius 3 is 2.76 bits per heavy atom. The number of carbonyl (C=O) groups is 1. The Morgan fingerprint density at radius 2 is 2.05 bits per heavy atom. The van der Waals surface area contributed by atoms with Crippen LogP contribution in [0.15, 0.2) is 12.3 Å². The maximum Gasteiger partial charge on any atom is 0.270 e. The maximum absolute atomic E-state index is 12.1. The number of likely N-dealkylation sites (N-methyl/N-ethyl adjacent to an activating group) is 1. The molecule has 6 heteroatoms. The minimum absolute atomic E-state index is 0.108. The molecular weight excluding hydrogens is 266 g/mol. The third kappa shape index (κ3) is 4.67. The van der Waals surface area contributed by atoms with Crippen LogP contribution in [0, 0.1) is 0 Å². The molecule has 0 bridgehead atoms. The zero-order valence-electron chi connectivity index (χ0n) is 13.0. The van der Waals surface area contributed by atoms with Gasteiger partial charge in [-0.15, -0.1) is 0 Å². The second-order valence-electron chi connectivity index (χ2n) is 5.50. The van der Waals surface area contributed by atoms with Crippen molar-refractivity contribution in [2.24, 2.45) is 0 Å². The van der Waals surface area contributed by atoms with Crippen molar-refractivity contribution in [3.05, 3.63) is 18.0 Å². The minimum atomic E-state index is -0.108. The van der Waals surface area contributed by atoms with Crippen LogP contribution in [0.25, 0.3) is 0 Å². The van der Waals surface area contributed by atoms with Gasteiger partial charge in [0, 0.05) is 38.9 Å². The Kier molecular flexibility index (Phi) is 5.92. The van der Waals surface area contributed by atoms with Gasteiger partial charge in [-0.25, -0.2) is 9.97 Å². The molecule has 6 nitrogen and oxygen atoms in total. The van der Waals surface area contributed by atoms with Crippen molar-refractivity contribution >= 4 is 11.9 Å². The van der Waals surface area contributed by atoms with Crippen LogP contribution >= 0.6 is 0 Å². The van der Waals surface area contributed by atoms with E-state index in [1.54, 1.807) is 12.3 Å². The van der Waals surface area contributed by atoms with E-state index in [0.29, 0.717) is 18.2 Å². The zero-order valence-corrected chi connectivity index (χ0v) is 13.0. The molecule has 0 atom stereocenters. The molecule has 1 aliphatic rings. The third-order valence-electron chi connectivity index (χ3n) is 3.73. The lowest BCUT2D eigenvalue weighted by Gasteiger charge is -2.32. The molecule has 1 aromatic heterocycles. The number of hydrogen-bond acceptors (Lipinski definition) is 5. The first-order valence-electron chi connectivity index (χ1n) is 7.75. The minimum Gasteiger partial charge on any atom is -0.351 e. The van der Waals surface area contributed by atoms with Crippen molar-refractivity contribution in [3.63, 3.8) is 0 Å². The highest BCUT2D eigenvalue weighted by atomic mass is 16.1. The summed E-state index contributed by atoms with van der Waals surface area (Å²) in [6.45, 7) is 6.65. The van der Waals surface area contributed by atoms with Crippen molar-refractivity contribution in [2.75, 3.05) is 44.7 Å². The van der Waals surface area contributed by atoms with Crippen LogP contribution in [-0.4, -0.2) is 60.5 Å². The lowest BCUT2D eigenvalue weighted by atomic mass is 10.2. The van der Waals surface area contributed by atoms with Gasteiger partial charge in [-0.3, -0.25) is 4.79 Å². The predicted octanol–water partition coefficient (Wildman–Crippen LogP) is 1.15. The van der Waals surface area contributed by atoms with Gasteiger partial charge in [0.15, 0.2) is 0 Å². The number of hydrogen-bond donors (Lipinski definition) is 1. The number of unbranched alkanes of at least 4 members (excludes halogenated alkanes) is 2. The number of rotatable bonds is 6. The van der Waals surface area contributed by atoms with Crippen LogP contribution in [0.4, 0.5) is 5.95 Å². The molecule has 1 N–H and O–H groups in total. The summed E-state index contributed by atoms with van der Waals surface area (Å²) in [4.78, 5) is 25.2. The SMILES string of the molecule is CCCCCNC(=O)c1ccnc(N2CCN(C)CC2)n1. The lowest BCUT2D eigenvalue weighted by Crippen LogP contribution is -2.45. The summed E-state index contributed by atoms with van der Waals surface area (Å²) >= 11 is 0. The largest absolute Gasteiger partial charge is 0.351 e. The highest BCUT2D eigenvalue weighted by Gasteiger charge is 2.17. The first kappa shape index (κ1) is 15.7. The number of nitrogens with zero attached hydrogens (tertiary/aromatic N) is 4. The Balaban J connectivity index is 1.92. The molecule has 1 fully saturated rings. The molecule has 2 heterocycles. The fourth-order valence-electron chi connectivity index (χ4n) is 2.30. The topological polar surface area (TPSA) is 61.4 Å². The normalized spacial score (nSPS) is 16.0. The molecule has 1 aromatic rings. The highest BCUT2D eigenvalue weighted by molar-refractivity contribution is 5.92. The summed E-state index contributed by atoms with van der Waals surface area (Å²) in [5.41, 5.74) is 0.454. The standard InChI is InChI=1S/C15H25N5O/c1-3-4-5-7-16-14(21)13-6-8-17-15(18-13)20-11-9-19(2)10-12-20/h6,8H,3-5,7,9-12H2,1-2H3,(H,16,21). The lowest BCUT2D eigenvalue weighted by molar-refractivity contribution is 0.0948. The van der Waals surface area contributed by atoms with Gasteiger partial charge >= 0.3 is 0 Å². The van der Waals surface area contributed by atoms with Crippen LogP contribution in [0.3, 0.4) is 0 Å². The van der Waals surface area contributed by atoms with Crippen molar-refractivity contribution in [3.8, 4) is 0 Å². The monoisotopic (exact) mass is 291 g/mol. The molecule has 21 heavy (non-hydrogen) atoms. The molecule has 1 saturated heterocycles. The van der Waals surface area contributed by atoms with E-state index in [1.165, 1.54) is 0 Å². The van der Waals surface area contributed by atoms with Gasteiger partial charge < -0.3 is 15.1 Å². The molecule has 1 aliphatic heterocycles. The Labute approximate surface area is 126 Å². The van der Waals surface area contributed by atoms with Crippen LogP contribution in [0.1, 0.15) is 36.7 Å². The molecular formula is C15H25N5O. The summed E-state index contributed by atoms with van der Waals surface area (Å²) in [6.07, 6.45) is 4.97. The van der Waals surface area contributed by atoms with Gasteiger partial charge in [0.25, 0.3) is 5.91 Å². The number of nitrogens with one attached hydrogen (secondary N) is 1. The first-order valence-corrected chi connectivity index (χ1v) is 7.75. The van der Waals surface area contributed by atoms with Crippen molar-refractivity contribution < 1.29 is 4.79 Å². The maximum atomic E-state index is 12.1. The molecule has 2 rings (SSSR count). The Bertz CT molecular complexity index is 457. The van der Waals surface area contributed by atoms with Gasteiger partial charge in [-0.1, -0.05) is 19.8 Å².